The van der Waals surface area contributed by atoms with Gasteiger partial charge in [0.15, 0.2) is 0 Å². The van der Waals surface area contributed by atoms with Gasteiger partial charge in [0.05, 0.1) is 6.04 Å². The molecule has 1 fully saturated rings. The molecule has 0 bridgehead atoms. The summed E-state index contributed by atoms with van der Waals surface area (Å²) in [5.74, 6) is -0.0681. The van der Waals surface area contributed by atoms with Crippen molar-refractivity contribution in [2.24, 2.45) is 0 Å². The maximum absolute atomic E-state index is 12.0. The Hall–Kier alpha value is -1.64. The molecule has 2 rings (SSSR count). The molecule has 1 radical (unpaired) electrons. The highest BCUT2D eigenvalue weighted by molar-refractivity contribution is 5.95. The number of nitrogens with zero attached hydrogens (tertiary/aromatic N) is 1. The molecule has 0 N–H and O–H groups in total. The lowest BCUT2D eigenvalue weighted by Crippen LogP contribution is -2.36. The molecule has 1 aliphatic rings. The average molecular weight is 202 g/mol. The second kappa shape index (κ2) is 4.26. The standard InChI is InChI=1S/C12H12NO2/c14-9-11-7-4-8-13(11)12(15)10-5-2-1-3-6-10/h1-3,5-6,11H,4,7-8H2. The second-order valence-corrected chi connectivity index (χ2v) is 3.64. The predicted octanol–water partition coefficient (Wildman–Crippen LogP) is 1.40. The van der Waals surface area contributed by atoms with Crippen LogP contribution in [0.2, 0.25) is 0 Å². The average Bonchev–Trinajstić information content (AvgIpc) is 2.77. The number of hydrogen-bond acceptors (Lipinski definition) is 2. The Morgan fingerprint density at radius 1 is 1.33 bits per heavy atom. The van der Waals surface area contributed by atoms with Gasteiger partial charge in [-0.2, -0.15) is 0 Å². The van der Waals surface area contributed by atoms with E-state index in [4.69, 9.17) is 0 Å². The van der Waals surface area contributed by atoms with E-state index < -0.39 is 0 Å². The largest absolute Gasteiger partial charge is 0.328 e. The SMILES string of the molecule is O=[C]C1CCCN1C(=O)c1ccccc1. The van der Waals surface area contributed by atoms with Crippen LogP contribution < -0.4 is 0 Å². The van der Waals surface area contributed by atoms with Gasteiger partial charge in [0.25, 0.3) is 5.91 Å². The van der Waals surface area contributed by atoms with Crippen molar-refractivity contribution in [3.05, 3.63) is 35.9 Å². The summed E-state index contributed by atoms with van der Waals surface area (Å²) in [6.07, 6.45) is 3.55. The van der Waals surface area contributed by atoms with Gasteiger partial charge in [-0.3, -0.25) is 9.59 Å². The van der Waals surface area contributed by atoms with E-state index in [9.17, 15) is 9.59 Å². The highest BCUT2D eigenvalue weighted by Crippen LogP contribution is 2.18. The van der Waals surface area contributed by atoms with Crippen LogP contribution in [0.3, 0.4) is 0 Å². The fourth-order valence-electron chi connectivity index (χ4n) is 1.88. The monoisotopic (exact) mass is 202 g/mol. The third kappa shape index (κ3) is 1.91. The van der Waals surface area contributed by atoms with Gasteiger partial charge in [0.2, 0.25) is 6.29 Å². The van der Waals surface area contributed by atoms with Gasteiger partial charge in [-0.25, -0.2) is 0 Å². The maximum atomic E-state index is 12.0. The van der Waals surface area contributed by atoms with Crippen LogP contribution in [0.25, 0.3) is 0 Å². The highest BCUT2D eigenvalue weighted by Gasteiger charge is 2.29. The van der Waals surface area contributed by atoms with E-state index >= 15 is 0 Å². The molecule has 15 heavy (non-hydrogen) atoms. The molecule has 0 spiro atoms. The van der Waals surface area contributed by atoms with Gasteiger partial charge < -0.3 is 4.90 Å². The first kappa shape index (κ1) is 9.90. The number of hydrogen-bond donors (Lipinski definition) is 0. The first-order valence-electron chi connectivity index (χ1n) is 5.06. The van der Waals surface area contributed by atoms with Crippen LogP contribution in [0, 0.1) is 0 Å². The molecular formula is C12H12NO2. The molecular weight excluding hydrogens is 190 g/mol. The number of rotatable bonds is 2. The third-order valence-corrected chi connectivity index (χ3v) is 2.67. The summed E-state index contributed by atoms with van der Waals surface area (Å²) in [4.78, 5) is 24.2. The van der Waals surface area contributed by atoms with Crippen LogP contribution in [0.15, 0.2) is 30.3 Å². The van der Waals surface area contributed by atoms with Gasteiger partial charge in [-0.1, -0.05) is 18.2 Å². The number of benzene rings is 1. The summed E-state index contributed by atoms with van der Waals surface area (Å²) in [5, 5.41) is 0. The van der Waals surface area contributed by atoms with Gasteiger partial charge in [-0.05, 0) is 25.0 Å². The zero-order valence-corrected chi connectivity index (χ0v) is 8.35. The topological polar surface area (TPSA) is 37.4 Å². The Bertz CT molecular complexity index is 361. The Morgan fingerprint density at radius 3 is 2.73 bits per heavy atom. The highest BCUT2D eigenvalue weighted by atomic mass is 16.2. The lowest BCUT2D eigenvalue weighted by atomic mass is 10.2. The zero-order valence-electron chi connectivity index (χ0n) is 8.35. The molecule has 1 unspecified atom stereocenters. The van der Waals surface area contributed by atoms with Crippen LogP contribution in [-0.4, -0.2) is 29.7 Å². The Kier molecular flexibility index (Phi) is 2.81. The Labute approximate surface area is 88.7 Å². The van der Waals surface area contributed by atoms with E-state index in [1.807, 2.05) is 24.5 Å². The molecule has 1 heterocycles. The van der Waals surface area contributed by atoms with Crippen molar-refractivity contribution in [2.75, 3.05) is 6.54 Å². The van der Waals surface area contributed by atoms with Crippen molar-refractivity contribution >= 4 is 12.2 Å². The van der Waals surface area contributed by atoms with Crippen LogP contribution in [-0.2, 0) is 4.79 Å². The van der Waals surface area contributed by atoms with Crippen molar-refractivity contribution < 1.29 is 9.59 Å². The Morgan fingerprint density at radius 2 is 2.07 bits per heavy atom. The number of carbonyl (C=O) groups is 1. The van der Waals surface area contributed by atoms with Crippen molar-refractivity contribution in [3.8, 4) is 0 Å². The van der Waals surface area contributed by atoms with Crippen molar-refractivity contribution in [1.82, 2.24) is 4.90 Å². The van der Waals surface area contributed by atoms with E-state index in [0.29, 0.717) is 12.1 Å². The van der Waals surface area contributed by atoms with Gasteiger partial charge in [0.1, 0.15) is 0 Å². The van der Waals surface area contributed by atoms with Crippen molar-refractivity contribution in [1.29, 1.82) is 0 Å². The molecule has 1 atom stereocenters. The quantitative estimate of drug-likeness (QED) is 0.727. The van der Waals surface area contributed by atoms with E-state index in [0.717, 1.165) is 12.8 Å². The molecule has 3 heteroatoms. The van der Waals surface area contributed by atoms with Crippen molar-refractivity contribution in [2.45, 2.75) is 18.9 Å². The minimum atomic E-state index is -0.349. The Balaban J connectivity index is 2.18. The first-order valence-corrected chi connectivity index (χ1v) is 5.06. The summed E-state index contributed by atoms with van der Waals surface area (Å²) in [6, 6.07) is 8.69. The molecule has 1 saturated heterocycles. The summed E-state index contributed by atoms with van der Waals surface area (Å²) < 4.78 is 0. The van der Waals surface area contributed by atoms with E-state index in [1.54, 1.807) is 17.0 Å². The zero-order chi connectivity index (χ0) is 10.7. The summed E-state index contributed by atoms with van der Waals surface area (Å²) in [5.41, 5.74) is 0.639. The predicted molar refractivity (Wildman–Crippen MR) is 56.2 cm³/mol. The number of carbonyl (C=O) groups excluding carboxylic acids is 2. The molecule has 0 aromatic heterocycles. The summed E-state index contributed by atoms with van der Waals surface area (Å²) in [6.45, 7) is 0.660. The van der Waals surface area contributed by atoms with Gasteiger partial charge in [-0.15, -0.1) is 0 Å². The van der Waals surface area contributed by atoms with Crippen LogP contribution in [0.1, 0.15) is 23.2 Å². The van der Waals surface area contributed by atoms with Gasteiger partial charge in [0, 0.05) is 12.1 Å². The lowest BCUT2D eigenvalue weighted by Gasteiger charge is -2.19. The summed E-state index contributed by atoms with van der Waals surface area (Å²) in [7, 11) is 0. The third-order valence-electron chi connectivity index (χ3n) is 2.67. The molecule has 3 nitrogen and oxygen atoms in total. The molecule has 1 amide bonds. The minimum absolute atomic E-state index is 0.0681. The smallest absolute Gasteiger partial charge is 0.254 e. The van der Waals surface area contributed by atoms with Crippen LogP contribution in [0.4, 0.5) is 0 Å². The minimum Gasteiger partial charge on any atom is -0.328 e. The van der Waals surface area contributed by atoms with E-state index in [1.165, 1.54) is 0 Å². The fraction of sp³-hybridized carbons (Fsp3) is 0.333. The normalized spacial score (nSPS) is 20.3. The maximum Gasteiger partial charge on any atom is 0.254 e. The molecule has 0 aliphatic carbocycles. The van der Waals surface area contributed by atoms with Crippen molar-refractivity contribution in [3.63, 3.8) is 0 Å². The van der Waals surface area contributed by atoms with E-state index in [-0.39, 0.29) is 11.9 Å². The molecule has 0 saturated carbocycles. The van der Waals surface area contributed by atoms with Gasteiger partial charge >= 0.3 is 0 Å². The molecule has 1 aliphatic heterocycles. The number of likely N-dealkylation sites (tertiary alicyclic amines) is 1. The fourth-order valence-corrected chi connectivity index (χ4v) is 1.88. The summed E-state index contributed by atoms with van der Waals surface area (Å²) >= 11 is 0. The molecule has 1 aromatic carbocycles. The molecule has 77 valence electrons. The second-order valence-electron chi connectivity index (χ2n) is 3.64. The number of amides is 1. The lowest BCUT2D eigenvalue weighted by molar-refractivity contribution is 0.0768. The molecule has 1 aromatic rings. The first-order chi connectivity index (χ1) is 7.33. The van der Waals surface area contributed by atoms with Crippen LogP contribution >= 0.6 is 0 Å². The van der Waals surface area contributed by atoms with Crippen LogP contribution in [0.5, 0.6) is 0 Å². The van der Waals surface area contributed by atoms with E-state index in [2.05, 4.69) is 0 Å².